The number of rotatable bonds is 3. The number of piperidine rings is 1. The molecule has 1 atom stereocenters. The molecule has 0 spiro atoms. The van der Waals surface area contributed by atoms with Crippen molar-refractivity contribution in [3.63, 3.8) is 0 Å². The molecular weight excluding hydrogens is 337 g/mol. The highest BCUT2D eigenvalue weighted by atomic mass is 79.9. The minimum Gasteiger partial charge on any atom is -0.327 e. The molecule has 1 amide bonds. The highest BCUT2D eigenvalue weighted by Crippen LogP contribution is 2.27. The molecule has 0 aromatic heterocycles. The van der Waals surface area contributed by atoms with Crippen LogP contribution in [0, 0.1) is 11.2 Å². The maximum Gasteiger partial charge on any atom is 0.238 e. The number of nitrogens with zero attached hydrogens (tertiary/aromatic N) is 1. The SMILES string of the molecule is CC1(C)CN(CC(=O)Nc2ccc(Br)cc2F)CCC1N. The van der Waals surface area contributed by atoms with Crippen molar-refractivity contribution in [1.29, 1.82) is 0 Å². The van der Waals surface area contributed by atoms with Gasteiger partial charge in [0.05, 0.1) is 12.2 Å². The van der Waals surface area contributed by atoms with E-state index in [0.717, 1.165) is 19.5 Å². The van der Waals surface area contributed by atoms with Crippen LogP contribution in [-0.4, -0.2) is 36.5 Å². The number of benzene rings is 1. The number of anilines is 1. The molecule has 0 saturated carbocycles. The Morgan fingerprint density at radius 2 is 2.29 bits per heavy atom. The molecule has 1 saturated heterocycles. The number of likely N-dealkylation sites (tertiary alicyclic amines) is 1. The van der Waals surface area contributed by atoms with Gasteiger partial charge in [-0.25, -0.2) is 4.39 Å². The third kappa shape index (κ3) is 4.25. The summed E-state index contributed by atoms with van der Waals surface area (Å²) in [6.07, 6.45) is 0.868. The second-order valence-corrected chi connectivity index (χ2v) is 7.18. The van der Waals surface area contributed by atoms with Gasteiger partial charge in [-0.15, -0.1) is 0 Å². The number of amides is 1. The van der Waals surface area contributed by atoms with Gasteiger partial charge in [0.2, 0.25) is 5.91 Å². The summed E-state index contributed by atoms with van der Waals surface area (Å²) in [6, 6.07) is 4.73. The number of nitrogens with one attached hydrogen (secondary N) is 1. The Kier molecular flexibility index (Phi) is 5.01. The topological polar surface area (TPSA) is 58.4 Å². The van der Waals surface area contributed by atoms with Crippen LogP contribution in [0.1, 0.15) is 20.3 Å². The van der Waals surface area contributed by atoms with Gasteiger partial charge < -0.3 is 11.1 Å². The Balaban J connectivity index is 1.93. The molecule has 21 heavy (non-hydrogen) atoms. The minimum absolute atomic E-state index is 0.0125. The average molecular weight is 358 g/mol. The van der Waals surface area contributed by atoms with Crippen molar-refractivity contribution < 1.29 is 9.18 Å². The van der Waals surface area contributed by atoms with Gasteiger partial charge in [-0.3, -0.25) is 9.69 Å². The summed E-state index contributed by atoms with van der Waals surface area (Å²) >= 11 is 3.19. The maximum atomic E-state index is 13.7. The minimum atomic E-state index is -0.446. The van der Waals surface area contributed by atoms with Gasteiger partial charge in [0, 0.05) is 23.6 Å². The summed E-state index contributed by atoms with van der Waals surface area (Å²) in [4.78, 5) is 14.1. The Hall–Kier alpha value is -0.980. The van der Waals surface area contributed by atoms with Crippen molar-refractivity contribution in [2.24, 2.45) is 11.1 Å². The van der Waals surface area contributed by atoms with Crippen LogP contribution in [0.25, 0.3) is 0 Å². The zero-order chi connectivity index (χ0) is 15.6. The Morgan fingerprint density at radius 3 is 2.90 bits per heavy atom. The molecule has 1 fully saturated rings. The molecule has 1 unspecified atom stereocenters. The zero-order valence-electron chi connectivity index (χ0n) is 12.3. The monoisotopic (exact) mass is 357 g/mol. The molecule has 0 radical (unpaired) electrons. The van der Waals surface area contributed by atoms with Crippen LogP contribution in [-0.2, 0) is 4.79 Å². The van der Waals surface area contributed by atoms with Crippen LogP contribution in [0.2, 0.25) is 0 Å². The van der Waals surface area contributed by atoms with E-state index >= 15 is 0 Å². The molecule has 4 nitrogen and oxygen atoms in total. The molecule has 1 aliphatic heterocycles. The molecule has 3 N–H and O–H groups in total. The van der Waals surface area contributed by atoms with Crippen LogP contribution in [0.3, 0.4) is 0 Å². The van der Waals surface area contributed by atoms with E-state index in [1.807, 2.05) is 0 Å². The molecule has 1 aromatic carbocycles. The van der Waals surface area contributed by atoms with E-state index in [1.54, 1.807) is 12.1 Å². The predicted molar refractivity (Wildman–Crippen MR) is 85.5 cm³/mol. The lowest BCUT2D eigenvalue weighted by Crippen LogP contribution is -2.53. The number of hydrogen-bond donors (Lipinski definition) is 2. The van der Waals surface area contributed by atoms with E-state index in [4.69, 9.17) is 5.73 Å². The van der Waals surface area contributed by atoms with Gasteiger partial charge in [-0.2, -0.15) is 0 Å². The maximum absolute atomic E-state index is 13.7. The molecule has 0 aliphatic carbocycles. The van der Waals surface area contributed by atoms with E-state index in [9.17, 15) is 9.18 Å². The van der Waals surface area contributed by atoms with E-state index in [2.05, 4.69) is 40.0 Å². The number of halogens is 2. The van der Waals surface area contributed by atoms with Gasteiger partial charge >= 0.3 is 0 Å². The lowest BCUT2D eigenvalue weighted by atomic mass is 9.80. The van der Waals surface area contributed by atoms with Crippen LogP contribution < -0.4 is 11.1 Å². The first-order valence-electron chi connectivity index (χ1n) is 7.01. The summed E-state index contributed by atoms with van der Waals surface area (Å²) in [5.74, 6) is -0.652. The predicted octanol–water partition coefficient (Wildman–Crippen LogP) is 2.59. The smallest absolute Gasteiger partial charge is 0.238 e. The van der Waals surface area contributed by atoms with E-state index < -0.39 is 5.82 Å². The number of hydrogen-bond acceptors (Lipinski definition) is 3. The Bertz CT molecular complexity index is 536. The third-order valence-corrected chi connectivity index (χ3v) is 4.46. The zero-order valence-corrected chi connectivity index (χ0v) is 13.9. The molecule has 1 aromatic rings. The Morgan fingerprint density at radius 1 is 1.57 bits per heavy atom. The normalized spacial score (nSPS) is 22.0. The van der Waals surface area contributed by atoms with Crippen molar-refractivity contribution >= 4 is 27.5 Å². The van der Waals surface area contributed by atoms with Crippen molar-refractivity contribution in [1.82, 2.24) is 4.90 Å². The molecule has 1 aliphatic rings. The van der Waals surface area contributed by atoms with Crippen molar-refractivity contribution in [3.8, 4) is 0 Å². The van der Waals surface area contributed by atoms with Gasteiger partial charge in [0.25, 0.3) is 0 Å². The van der Waals surface area contributed by atoms with Crippen LogP contribution >= 0.6 is 15.9 Å². The van der Waals surface area contributed by atoms with Crippen molar-refractivity contribution in [2.45, 2.75) is 26.3 Å². The average Bonchev–Trinajstić information content (AvgIpc) is 2.37. The van der Waals surface area contributed by atoms with E-state index in [-0.39, 0.29) is 29.6 Å². The first-order chi connectivity index (χ1) is 9.78. The van der Waals surface area contributed by atoms with Crippen LogP contribution in [0.4, 0.5) is 10.1 Å². The number of carbonyl (C=O) groups is 1. The molecule has 116 valence electrons. The number of nitrogens with two attached hydrogens (primary N) is 1. The van der Waals surface area contributed by atoms with Crippen molar-refractivity contribution in [3.05, 3.63) is 28.5 Å². The quantitative estimate of drug-likeness (QED) is 0.873. The fraction of sp³-hybridized carbons (Fsp3) is 0.533. The summed E-state index contributed by atoms with van der Waals surface area (Å²) in [7, 11) is 0. The molecule has 0 bridgehead atoms. The summed E-state index contributed by atoms with van der Waals surface area (Å²) in [5, 5.41) is 2.62. The van der Waals surface area contributed by atoms with E-state index in [1.165, 1.54) is 6.07 Å². The third-order valence-electron chi connectivity index (χ3n) is 3.96. The molecule has 6 heteroatoms. The summed E-state index contributed by atoms with van der Waals surface area (Å²) in [6.45, 7) is 6.03. The summed E-state index contributed by atoms with van der Waals surface area (Å²) in [5.41, 5.74) is 6.27. The van der Waals surface area contributed by atoms with Gasteiger partial charge in [-0.05, 0) is 30.0 Å². The van der Waals surface area contributed by atoms with E-state index in [0.29, 0.717) is 4.47 Å². The molecular formula is C15H21BrFN3O. The van der Waals surface area contributed by atoms with Gasteiger partial charge in [-0.1, -0.05) is 29.8 Å². The van der Waals surface area contributed by atoms with Gasteiger partial charge in [0.15, 0.2) is 0 Å². The molecule has 2 rings (SSSR count). The Labute approximate surface area is 133 Å². The first kappa shape index (κ1) is 16.4. The number of carbonyl (C=O) groups excluding carboxylic acids is 1. The van der Waals surface area contributed by atoms with Gasteiger partial charge in [0.1, 0.15) is 5.82 Å². The second kappa shape index (κ2) is 6.42. The standard InChI is InChI=1S/C15H21BrFN3O/c1-15(2)9-20(6-5-13(15)18)8-14(21)19-12-4-3-10(16)7-11(12)17/h3-4,7,13H,5-6,8-9,18H2,1-2H3,(H,19,21). The highest BCUT2D eigenvalue weighted by Gasteiger charge is 2.33. The fourth-order valence-electron chi connectivity index (χ4n) is 2.60. The highest BCUT2D eigenvalue weighted by molar-refractivity contribution is 9.10. The lowest BCUT2D eigenvalue weighted by Gasteiger charge is -2.42. The molecule has 1 heterocycles. The van der Waals surface area contributed by atoms with Crippen molar-refractivity contribution in [2.75, 3.05) is 25.0 Å². The second-order valence-electron chi connectivity index (χ2n) is 6.27. The lowest BCUT2D eigenvalue weighted by molar-refractivity contribution is -0.118. The largest absolute Gasteiger partial charge is 0.327 e. The van der Waals surface area contributed by atoms with Crippen LogP contribution in [0.15, 0.2) is 22.7 Å². The first-order valence-corrected chi connectivity index (χ1v) is 7.80. The summed E-state index contributed by atoms with van der Waals surface area (Å²) < 4.78 is 14.3. The fourth-order valence-corrected chi connectivity index (χ4v) is 2.94. The van der Waals surface area contributed by atoms with Crippen LogP contribution in [0.5, 0.6) is 0 Å².